The molecule has 2 aliphatic heterocycles. The van der Waals surface area contributed by atoms with Crippen LogP contribution in [0, 0.1) is 11.8 Å². The molecule has 3 aliphatic rings. The van der Waals surface area contributed by atoms with Gasteiger partial charge in [-0.1, -0.05) is 18.6 Å². The van der Waals surface area contributed by atoms with Crippen molar-refractivity contribution in [3.8, 4) is 0 Å². The summed E-state index contributed by atoms with van der Waals surface area (Å²) in [4.78, 5) is 20.6. The summed E-state index contributed by atoms with van der Waals surface area (Å²) >= 11 is 1.76. The molecule has 4 unspecified atom stereocenters. The van der Waals surface area contributed by atoms with Crippen molar-refractivity contribution in [1.29, 1.82) is 0 Å². The second kappa shape index (κ2) is 6.91. The third kappa shape index (κ3) is 2.84. The van der Waals surface area contributed by atoms with E-state index >= 15 is 0 Å². The van der Waals surface area contributed by atoms with Crippen molar-refractivity contribution in [2.24, 2.45) is 11.8 Å². The van der Waals surface area contributed by atoms with Gasteiger partial charge in [0.15, 0.2) is 0 Å². The maximum Gasteiger partial charge on any atom is 0.227 e. The predicted octanol–water partition coefficient (Wildman–Crippen LogP) is 3.24. The minimum Gasteiger partial charge on any atom is -0.333 e. The second-order valence-electron chi connectivity index (χ2n) is 7.91. The van der Waals surface area contributed by atoms with Gasteiger partial charge in [0.2, 0.25) is 5.91 Å². The Morgan fingerprint density at radius 1 is 1.15 bits per heavy atom. The number of para-hydroxylation sites is 1. The van der Waals surface area contributed by atoms with Crippen LogP contribution in [0.1, 0.15) is 49.6 Å². The molecule has 2 saturated heterocycles. The van der Waals surface area contributed by atoms with Crippen molar-refractivity contribution in [3.05, 3.63) is 29.3 Å². The Hall–Kier alpha value is -1.50. The van der Waals surface area contributed by atoms with Gasteiger partial charge in [-0.15, -0.1) is 11.3 Å². The minimum absolute atomic E-state index is 0.110. The number of nitrogens with one attached hydrogen (secondary N) is 2. The number of nitrogens with zero attached hydrogens (tertiary/aromatic N) is 2. The fraction of sp³-hybridized carbons (Fsp3) is 0.600. The number of piperidine rings is 1. The van der Waals surface area contributed by atoms with Crippen LogP contribution in [0.2, 0.25) is 0 Å². The lowest BCUT2D eigenvalue weighted by Gasteiger charge is -2.40. The number of thiazole rings is 1. The smallest absolute Gasteiger partial charge is 0.227 e. The highest BCUT2D eigenvalue weighted by Gasteiger charge is 2.43. The van der Waals surface area contributed by atoms with E-state index in [2.05, 4.69) is 34.0 Å². The van der Waals surface area contributed by atoms with E-state index < -0.39 is 0 Å². The van der Waals surface area contributed by atoms with Crippen molar-refractivity contribution in [3.63, 3.8) is 0 Å². The molecule has 2 N–H and O–H groups in total. The molecule has 4 atom stereocenters. The Bertz CT molecular complexity index is 773. The number of amides is 1. The molecule has 5 nitrogen and oxygen atoms in total. The predicted molar refractivity (Wildman–Crippen MR) is 104 cm³/mol. The van der Waals surface area contributed by atoms with Crippen LogP contribution >= 0.6 is 11.3 Å². The van der Waals surface area contributed by atoms with Crippen molar-refractivity contribution < 1.29 is 4.79 Å². The molecule has 26 heavy (non-hydrogen) atoms. The number of benzene rings is 1. The average molecular weight is 371 g/mol. The summed E-state index contributed by atoms with van der Waals surface area (Å²) in [7, 11) is 0. The molecule has 1 aromatic carbocycles. The third-order valence-electron chi connectivity index (χ3n) is 6.36. The molecule has 0 radical (unpaired) electrons. The Balaban J connectivity index is 1.43. The van der Waals surface area contributed by atoms with E-state index in [-0.39, 0.29) is 12.0 Å². The number of hydrogen-bond donors (Lipinski definition) is 2. The van der Waals surface area contributed by atoms with E-state index in [0.29, 0.717) is 17.9 Å². The molecule has 0 bridgehead atoms. The van der Waals surface area contributed by atoms with E-state index in [0.717, 1.165) is 42.9 Å². The van der Waals surface area contributed by atoms with Crippen molar-refractivity contribution in [1.82, 2.24) is 20.7 Å². The van der Waals surface area contributed by atoms with Gasteiger partial charge in [0.1, 0.15) is 5.01 Å². The Morgan fingerprint density at radius 2 is 2.08 bits per heavy atom. The third-order valence-corrected chi connectivity index (χ3v) is 7.50. The fourth-order valence-corrected chi connectivity index (χ4v) is 6.13. The van der Waals surface area contributed by atoms with Crippen LogP contribution < -0.4 is 10.9 Å². The molecular formula is C20H26N4OS. The molecule has 1 amide bonds. The van der Waals surface area contributed by atoms with Crippen LogP contribution in [0.25, 0.3) is 10.2 Å². The van der Waals surface area contributed by atoms with Gasteiger partial charge in [-0.3, -0.25) is 15.6 Å². The number of aromatic nitrogens is 1. The van der Waals surface area contributed by atoms with Gasteiger partial charge in [-0.05, 0) is 50.2 Å². The maximum atomic E-state index is 13.5. The molecule has 3 heterocycles. The summed E-state index contributed by atoms with van der Waals surface area (Å²) in [5.74, 6) is 1.06. The first-order chi connectivity index (χ1) is 12.8. The van der Waals surface area contributed by atoms with Crippen LogP contribution in [0.3, 0.4) is 0 Å². The van der Waals surface area contributed by atoms with Gasteiger partial charge in [-0.25, -0.2) is 4.98 Å². The van der Waals surface area contributed by atoms with Gasteiger partial charge in [0.25, 0.3) is 0 Å². The molecule has 3 fully saturated rings. The molecule has 5 rings (SSSR count). The van der Waals surface area contributed by atoms with Crippen LogP contribution in [-0.4, -0.2) is 34.9 Å². The van der Waals surface area contributed by atoms with Crippen LogP contribution in [0.4, 0.5) is 0 Å². The molecule has 6 heteroatoms. The summed E-state index contributed by atoms with van der Waals surface area (Å²) < 4.78 is 1.22. The quantitative estimate of drug-likeness (QED) is 0.852. The number of carbonyl (C=O) groups is 1. The summed E-state index contributed by atoms with van der Waals surface area (Å²) in [6, 6.07) is 8.76. The van der Waals surface area contributed by atoms with Gasteiger partial charge in [0, 0.05) is 19.1 Å². The number of fused-ring (bicyclic) bond motifs is 2. The lowest BCUT2D eigenvalue weighted by molar-refractivity contribution is -0.142. The lowest BCUT2D eigenvalue weighted by atomic mass is 9.77. The lowest BCUT2D eigenvalue weighted by Crippen LogP contribution is -2.50. The van der Waals surface area contributed by atoms with E-state index in [1.54, 1.807) is 11.3 Å². The first-order valence-corrected chi connectivity index (χ1v) is 10.8. The van der Waals surface area contributed by atoms with Gasteiger partial charge in [-0.2, -0.15) is 0 Å². The zero-order valence-corrected chi connectivity index (χ0v) is 15.8. The Kier molecular flexibility index (Phi) is 4.43. The monoisotopic (exact) mass is 370 g/mol. The summed E-state index contributed by atoms with van der Waals surface area (Å²) in [5, 5.41) is 1.11. The van der Waals surface area contributed by atoms with Crippen molar-refractivity contribution >= 4 is 27.5 Å². The number of hydrazine groups is 1. The number of hydrogen-bond acceptors (Lipinski definition) is 5. The number of rotatable bonds is 2. The van der Waals surface area contributed by atoms with E-state index in [1.807, 2.05) is 6.07 Å². The Morgan fingerprint density at radius 3 is 3.00 bits per heavy atom. The summed E-state index contributed by atoms with van der Waals surface area (Å²) in [6.45, 7) is 1.87. The van der Waals surface area contributed by atoms with Gasteiger partial charge >= 0.3 is 0 Å². The normalized spacial score (nSPS) is 31.9. The molecule has 138 valence electrons. The molecule has 2 aromatic rings. The van der Waals surface area contributed by atoms with Crippen LogP contribution in [-0.2, 0) is 4.79 Å². The molecule has 0 spiro atoms. The first kappa shape index (κ1) is 16.7. The highest BCUT2D eigenvalue weighted by Crippen LogP contribution is 2.39. The molecule has 1 aromatic heterocycles. The Labute approximate surface area is 158 Å². The fourth-order valence-electron chi connectivity index (χ4n) is 5.02. The van der Waals surface area contributed by atoms with E-state index in [1.165, 1.54) is 24.0 Å². The topological polar surface area (TPSA) is 57.3 Å². The molecule has 1 saturated carbocycles. The SMILES string of the molecule is O=C(C1CCCC2CNNC21)N1CCCCC1c1nc2ccccc2s1. The van der Waals surface area contributed by atoms with Crippen LogP contribution in [0.15, 0.2) is 24.3 Å². The van der Waals surface area contributed by atoms with E-state index in [9.17, 15) is 4.79 Å². The highest BCUT2D eigenvalue weighted by molar-refractivity contribution is 7.18. The summed E-state index contributed by atoms with van der Waals surface area (Å²) in [5.41, 5.74) is 7.74. The van der Waals surface area contributed by atoms with Crippen molar-refractivity contribution in [2.45, 2.75) is 50.6 Å². The zero-order chi connectivity index (χ0) is 17.5. The minimum atomic E-state index is 0.110. The van der Waals surface area contributed by atoms with E-state index in [4.69, 9.17) is 4.98 Å². The van der Waals surface area contributed by atoms with Gasteiger partial charge < -0.3 is 4.90 Å². The van der Waals surface area contributed by atoms with Gasteiger partial charge in [0.05, 0.1) is 22.2 Å². The van der Waals surface area contributed by atoms with Crippen LogP contribution in [0.5, 0.6) is 0 Å². The van der Waals surface area contributed by atoms with Crippen molar-refractivity contribution in [2.75, 3.05) is 13.1 Å². The molecular weight excluding hydrogens is 344 g/mol. The largest absolute Gasteiger partial charge is 0.333 e. The highest BCUT2D eigenvalue weighted by atomic mass is 32.1. The average Bonchev–Trinajstić information content (AvgIpc) is 3.33. The zero-order valence-electron chi connectivity index (χ0n) is 15.0. The number of carbonyl (C=O) groups excluding carboxylic acids is 1. The summed E-state index contributed by atoms with van der Waals surface area (Å²) in [6.07, 6.45) is 6.74. The molecule has 1 aliphatic carbocycles. The number of likely N-dealkylation sites (tertiary alicyclic amines) is 1. The standard InChI is InChI=1S/C20H26N4OS/c25-20(14-7-5-6-13-12-21-23-18(13)14)24-11-4-3-9-16(24)19-22-15-8-1-2-10-17(15)26-19/h1-2,8,10,13-14,16,18,21,23H,3-7,9,11-12H2. The first-order valence-electron chi connectivity index (χ1n) is 9.95. The maximum absolute atomic E-state index is 13.5. The second-order valence-corrected chi connectivity index (χ2v) is 8.97.